The second kappa shape index (κ2) is 40.3. The Morgan fingerprint density at radius 2 is 0.916 bits per heavy atom. The zero-order valence-electron chi connectivity index (χ0n) is 73.7. The number of oxazole rings is 1. The van der Waals surface area contributed by atoms with E-state index >= 15 is 0 Å². The van der Waals surface area contributed by atoms with E-state index in [1.165, 1.54) is 27.4 Å². The van der Waals surface area contributed by atoms with Gasteiger partial charge in [-0.3, -0.25) is 14.6 Å². The van der Waals surface area contributed by atoms with Gasteiger partial charge in [0.1, 0.15) is 5.89 Å². The zero-order chi connectivity index (χ0) is 88.9. The molecule has 664 valence electrons. The number of aromatic nitrogens is 12. The molecule has 21 heteroatoms. The predicted octanol–water partition coefficient (Wildman–Crippen LogP) is 23.4. The number of fused-ring (bicyclic) bond motifs is 9. The molecule has 0 saturated carbocycles. The smallest absolute Gasteiger partial charge is 0.207 e. The van der Waals surface area contributed by atoms with Crippen LogP contribution in [0.3, 0.4) is 0 Å². The summed E-state index contributed by atoms with van der Waals surface area (Å²) in [5.41, 5.74) is 23.2. The van der Waals surface area contributed by atoms with Gasteiger partial charge in [-0.25, -0.2) is 25.5 Å². The van der Waals surface area contributed by atoms with Crippen molar-refractivity contribution in [1.29, 1.82) is 0 Å². The Balaban J connectivity index is 0.000000133. The van der Waals surface area contributed by atoms with E-state index < -0.39 is 17.0 Å². The number of rotatable bonds is 10. The van der Waals surface area contributed by atoms with Crippen molar-refractivity contribution in [3.05, 3.63) is 400 Å². The summed E-state index contributed by atoms with van der Waals surface area (Å²) in [5, 5.41) is 34.9. The van der Waals surface area contributed by atoms with Gasteiger partial charge in [0.15, 0.2) is 7.14 Å². The molecule has 1 unspecified atom stereocenters. The van der Waals surface area contributed by atoms with E-state index in [2.05, 4.69) is 246 Å². The first-order valence-electron chi connectivity index (χ1n) is 42.1. The van der Waals surface area contributed by atoms with E-state index in [0.717, 1.165) is 139 Å². The van der Waals surface area contributed by atoms with Gasteiger partial charge in [-0.15, -0.1) is 145 Å². The Bertz CT molecular complexity index is 7360. The number of aryl methyl sites for hydroxylation is 2. The Morgan fingerprint density at radius 1 is 0.405 bits per heavy atom. The molecular formula is C110H90N12O4PPt3S-9. The third-order valence-corrected chi connectivity index (χ3v) is 27.2. The van der Waals surface area contributed by atoms with Crippen molar-refractivity contribution >= 4 is 54.7 Å². The molecule has 2 aliphatic heterocycles. The van der Waals surface area contributed by atoms with Crippen LogP contribution in [0.4, 0.5) is 0 Å². The van der Waals surface area contributed by atoms with Crippen LogP contribution in [0.1, 0.15) is 79.4 Å². The van der Waals surface area contributed by atoms with Gasteiger partial charge in [-0.1, -0.05) is 232 Å². The van der Waals surface area contributed by atoms with Gasteiger partial charge >= 0.3 is 0 Å². The summed E-state index contributed by atoms with van der Waals surface area (Å²) in [7, 11) is -4.44. The van der Waals surface area contributed by atoms with Crippen LogP contribution in [0.5, 0.6) is 0 Å². The molecule has 131 heavy (non-hydrogen) atoms. The van der Waals surface area contributed by atoms with Crippen LogP contribution in [0.15, 0.2) is 361 Å². The average Bonchev–Trinajstić information content (AvgIpc) is 1.55. The van der Waals surface area contributed by atoms with Crippen LogP contribution in [0.25, 0.3) is 140 Å². The number of hydrogen-bond donors (Lipinski definition) is 0. The van der Waals surface area contributed by atoms with Gasteiger partial charge in [0, 0.05) is 177 Å². The van der Waals surface area contributed by atoms with Crippen LogP contribution in [0, 0.1) is 43.3 Å². The Kier molecular flexibility index (Phi) is 29.0. The second-order valence-electron chi connectivity index (χ2n) is 34.2. The Hall–Kier alpha value is -12.8. The maximum Gasteiger partial charge on any atom is 0.207 e. The number of imidazole rings is 1. The van der Waals surface area contributed by atoms with Crippen molar-refractivity contribution < 1.29 is 80.6 Å². The number of para-hydroxylation sites is 2. The van der Waals surface area contributed by atoms with Crippen molar-refractivity contribution in [3.8, 4) is 118 Å². The first-order valence-corrected chi connectivity index (χ1v) is 45.3. The minimum absolute atomic E-state index is 0. The van der Waals surface area contributed by atoms with E-state index in [4.69, 9.17) is 4.42 Å². The fourth-order valence-corrected chi connectivity index (χ4v) is 20.5. The van der Waals surface area contributed by atoms with Crippen molar-refractivity contribution in [3.63, 3.8) is 0 Å². The molecule has 0 aliphatic carbocycles. The first-order chi connectivity index (χ1) is 61.8. The van der Waals surface area contributed by atoms with Crippen LogP contribution in [-0.4, -0.2) is 52.6 Å². The summed E-state index contributed by atoms with van der Waals surface area (Å²) in [6.07, 6.45) is 10.5. The van der Waals surface area contributed by atoms with Crippen molar-refractivity contribution in [2.45, 2.75) is 95.4 Å². The largest absolute Gasteiger partial charge is 0.619 e. The quantitative estimate of drug-likeness (QED) is 0.0926. The summed E-state index contributed by atoms with van der Waals surface area (Å²) in [5.74, 6) is 1.57. The molecule has 0 saturated heterocycles. The minimum atomic E-state index is -3.49. The third-order valence-electron chi connectivity index (χ3n) is 22.2. The Morgan fingerprint density at radius 3 is 1.45 bits per heavy atom. The molecule has 0 N–H and O–H groups in total. The molecule has 0 fully saturated rings. The second-order valence-corrected chi connectivity index (χ2v) is 38.8. The van der Waals surface area contributed by atoms with E-state index in [1.807, 2.05) is 225 Å². The number of benzene rings is 13. The monoisotopic (exact) mass is 2290 g/mol. The normalized spacial score (nSPS) is 13.0. The van der Waals surface area contributed by atoms with Gasteiger partial charge in [-0.2, -0.15) is 46.1 Å². The number of sulfone groups is 1. The molecule has 0 bridgehead atoms. The van der Waals surface area contributed by atoms with Gasteiger partial charge in [0.25, 0.3) is 0 Å². The molecule has 22 rings (SSSR count). The van der Waals surface area contributed by atoms with Gasteiger partial charge in [0.05, 0.1) is 28.1 Å². The van der Waals surface area contributed by atoms with Crippen molar-refractivity contribution in [2.24, 2.45) is 7.05 Å². The number of hydrogen-bond acceptors (Lipinski definition) is 10. The third kappa shape index (κ3) is 20.4. The predicted molar refractivity (Wildman–Crippen MR) is 512 cm³/mol. The molecule has 0 amide bonds. The minimum Gasteiger partial charge on any atom is -0.619 e. The molecule has 9 heterocycles. The summed E-state index contributed by atoms with van der Waals surface area (Å²) < 4.78 is 51.9. The molecule has 2 aliphatic rings. The van der Waals surface area contributed by atoms with Crippen molar-refractivity contribution in [1.82, 2.24) is 59.5 Å². The summed E-state index contributed by atoms with van der Waals surface area (Å²) in [6, 6.07) is 121. The van der Waals surface area contributed by atoms with Crippen LogP contribution in [0.2, 0.25) is 0 Å². The molecule has 0 radical (unpaired) electrons. The maximum atomic E-state index is 14.7. The van der Waals surface area contributed by atoms with Gasteiger partial charge < -0.3 is 48.7 Å². The summed E-state index contributed by atoms with van der Waals surface area (Å²) in [6.45, 7) is 21.5. The zero-order valence-corrected chi connectivity index (χ0v) is 82.2. The van der Waals surface area contributed by atoms with E-state index in [1.54, 1.807) is 47.7 Å². The van der Waals surface area contributed by atoms with E-state index in [0.29, 0.717) is 15.7 Å². The van der Waals surface area contributed by atoms with Crippen molar-refractivity contribution in [2.75, 3.05) is 0 Å². The number of nitrogens with zero attached hydrogens (tertiary/aromatic N) is 12. The SMILES string of the molecule is CC(C)(C)c1cc(-c2[c-]cc(-c3ccc4c(c3)S(=O)(=O)c3ccccc3-4)cc2)[n-]n1.CC(C)(C)c1cc(-c2[c-]cc(-c3ccc4c5ccccc5n(C(C)(C)C)c4c3)cc2)[n-]n1.Cc1cc(-c2[c-]cc(-c3ccc4c(c3)P(=O)(c3ccccc3)c3ccccc3-4)cc2)[n-]n1.Cn1ccnc1-c1[c-]cccc1.[Pt].[Pt].[Pt].[c-]1ccccc1-c1ncco1.[c-]1ccccc1-n1cccn1. The molecule has 7 aromatic heterocycles. The average molecular weight is 2290 g/mol. The fourth-order valence-electron chi connectivity index (χ4n) is 15.7. The molecule has 1 atom stereocenters. The molecular weight excluding hydrogens is 2200 g/mol. The molecule has 13 aromatic carbocycles. The fraction of sp³-hybridized carbons (Fsp3) is 0.127. The van der Waals surface area contributed by atoms with Crippen LogP contribution in [-0.2, 0) is 101 Å². The Labute approximate surface area is 808 Å². The molecule has 0 spiro atoms. The van der Waals surface area contributed by atoms with Crippen LogP contribution < -0.4 is 31.2 Å². The maximum absolute atomic E-state index is 14.7. The summed E-state index contributed by atoms with van der Waals surface area (Å²) in [4.78, 5) is 8.95. The summed E-state index contributed by atoms with van der Waals surface area (Å²) >= 11 is 0. The molecule has 16 nitrogen and oxygen atoms in total. The van der Waals surface area contributed by atoms with Crippen LogP contribution >= 0.6 is 7.14 Å². The topological polar surface area (TPSA) is 199 Å². The van der Waals surface area contributed by atoms with Gasteiger partial charge in [-0.05, 0) is 74.8 Å². The molecule has 20 aromatic rings. The first kappa shape index (κ1) is 94.3. The van der Waals surface area contributed by atoms with Gasteiger partial charge in [0.2, 0.25) is 9.84 Å². The van der Waals surface area contributed by atoms with E-state index in [9.17, 15) is 13.0 Å². The van der Waals surface area contributed by atoms with E-state index in [-0.39, 0.29) is 79.6 Å². The standard InChI is InChI=1S/C29H29N3.C28H19N2OP.C25H20N2O2S.C10H9N2.C9H7N2.C9H6NO.3Pt/c1-28(2,3)27-18-24(30-31-27)20-13-11-19(12-14-20)21-15-16-23-22-9-7-8-10-25(22)32(26(23)17-21)29(4,5)6;1-19-17-26(30-29-19)21-13-11-20(12-14-21)22-15-16-25-24-9-5-6-10-27(24)32(31,28(25)18-22)23-7-3-2-4-8-23;1-25(2,3)24-15-21(26-27-24)17-10-8-16(9-11-17)18-12-13-20-19-6-4-5-7-22(19)30(28,29)23(20)14-18;1-12-8-7-11-10(12)9-5-3-2-4-6-9;1-2-5-9(6-3-1)11-8-4-7-10-11;1-2-4-8(5-3-1)9-10-6-7-11-9;;;/h7-13,15-18H,1-6H3;2-13,15-18H,1H3;4-10,12-15H,1-3H3;2-5,7-8H,1H3;1-5,7-8H;1-4,6-7H;;;/q3*-2;3*-1;;;.